The molecule has 2 heterocycles. The molecule has 1 amide bonds. The van der Waals surface area contributed by atoms with E-state index < -0.39 is 0 Å². The Labute approximate surface area is 146 Å². The van der Waals surface area contributed by atoms with Crippen LogP contribution in [0.1, 0.15) is 74.5 Å². The molecular formula is C18H25N3O2S. The van der Waals surface area contributed by atoms with Gasteiger partial charge in [0.15, 0.2) is 5.82 Å². The molecule has 0 aromatic carbocycles. The van der Waals surface area contributed by atoms with E-state index >= 15 is 0 Å². The number of carbonyl (C=O) groups is 1. The number of aryl methyl sites for hydroxylation is 1. The third-order valence-electron chi connectivity index (χ3n) is 4.60. The molecule has 3 rings (SSSR count). The van der Waals surface area contributed by atoms with Crippen LogP contribution in [0.25, 0.3) is 0 Å². The zero-order chi connectivity index (χ0) is 16.9. The topological polar surface area (TPSA) is 68.0 Å². The van der Waals surface area contributed by atoms with Crippen LogP contribution in [0.4, 0.5) is 0 Å². The van der Waals surface area contributed by atoms with Crippen LogP contribution in [0.5, 0.6) is 0 Å². The molecule has 1 N–H and O–H groups in total. The molecule has 24 heavy (non-hydrogen) atoms. The van der Waals surface area contributed by atoms with Crippen molar-refractivity contribution in [1.82, 2.24) is 15.5 Å². The van der Waals surface area contributed by atoms with Gasteiger partial charge in [-0.15, -0.1) is 11.3 Å². The monoisotopic (exact) mass is 347 g/mol. The Morgan fingerprint density at radius 3 is 2.83 bits per heavy atom. The van der Waals surface area contributed by atoms with Crippen LogP contribution in [0, 0.1) is 5.92 Å². The smallest absolute Gasteiger partial charge is 0.227 e. The number of carbonyl (C=O) groups excluding carboxylic acids is 1. The van der Waals surface area contributed by atoms with Gasteiger partial charge in [-0.1, -0.05) is 37.9 Å². The highest BCUT2D eigenvalue weighted by molar-refractivity contribution is 7.10. The Hall–Kier alpha value is -1.69. The molecule has 1 aliphatic rings. The SMILES string of the molecule is CC(C)c1noc(CCC(=O)N[C@@H](c2cccs2)C2CCCC2)n1. The first kappa shape index (κ1) is 17.1. The zero-order valence-corrected chi connectivity index (χ0v) is 15.1. The fourth-order valence-electron chi connectivity index (χ4n) is 3.25. The van der Waals surface area contributed by atoms with Gasteiger partial charge < -0.3 is 9.84 Å². The summed E-state index contributed by atoms with van der Waals surface area (Å²) in [6.07, 6.45) is 5.81. The van der Waals surface area contributed by atoms with Crippen molar-refractivity contribution in [2.24, 2.45) is 5.92 Å². The quantitative estimate of drug-likeness (QED) is 0.813. The van der Waals surface area contributed by atoms with Gasteiger partial charge in [-0.25, -0.2) is 0 Å². The van der Waals surface area contributed by atoms with Crippen LogP contribution in [-0.2, 0) is 11.2 Å². The molecule has 0 aliphatic heterocycles. The molecule has 0 unspecified atom stereocenters. The summed E-state index contributed by atoms with van der Waals surface area (Å²) in [5.74, 6) is 2.10. The van der Waals surface area contributed by atoms with Gasteiger partial charge in [-0.05, 0) is 30.2 Å². The molecule has 1 saturated carbocycles. The van der Waals surface area contributed by atoms with Crippen LogP contribution in [0.2, 0.25) is 0 Å². The number of thiophene rings is 1. The van der Waals surface area contributed by atoms with Crippen molar-refractivity contribution >= 4 is 17.2 Å². The van der Waals surface area contributed by atoms with E-state index in [1.807, 2.05) is 13.8 Å². The summed E-state index contributed by atoms with van der Waals surface area (Å²) < 4.78 is 5.21. The van der Waals surface area contributed by atoms with Crippen molar-refractivity contribution < 1.29 is 9.32 Å². The molecule has 0 bridgehead atoms. The minimum absolute atomic E-state index is 0.0598. The third kappa shape index (κ3) is 4.23. The molecule has 1 fully saturated rings. The molecule has 2 aromatic rings. The lowest BCUT2D eigenvalue weighted by molar-refractivity contribution is -0.122. The van der Waals surface area contributed by atoms with Gasteiger partial charge in [0.2, 0.25) is 11.8 Å². The maximum Gasteiger partial charge on any atom is 0.227 e. The summed E-state index contributed by atoms with van der Waals surface area (Å²) in [4.78, 5) is 18.0. The molecule has 0 saturated heterocycles. The molecule has 5 nitrogen and oxygen atoms in total. The molecule has 130 valence electrons. The van der Waals surface area contributed by atoms with E-state index in [0.717, 1.165) is 0 Å². The van der Waals surface area contributed by atoms with E-state index in [1.54, 1.807) is 11.3 Å². The van der Waals surface area contributed by atoms with Gasteiger partial charge in [0, 0.05) is 23.6 Å². The number of hydrogen-bond donors (Lipinski definition) is 1. The number of nitrogens with zero attached hydrogens (tertiary/aromatic N) is 2. The first-order chi connectivity index (χ1) is 11.6. The average molecular weight is 347 g/mol. The fourth-order valence-corrected chi connectivity index (χ4v) is 4.12. The summed E-state index contributed by atoms with van der Waals surface area (Å²) in [6, 6.07) is 4.33. The Bertz CT molecular complexity index is 645. The maximum absolute atomic E-state index is 12.4. The molecule has 6 heteroatoms. The molecule has 2 aromatic heterocycles. The Morgan fingerprint density at radius 2 is 2.21 bits per heavy atom. The summed E-state index contributed by atoms with van der Waals surface area (Å²) in [5.41, 5.74) is 0. The summed E-state index contributed by atoms with van der Waals surface area (Å²) in [5, 5.41) is 9.26. The average Bonchev–Trinajstić information content (AvgIpc) is 3.33. The van der Waals surface area contributed by atoms with Crippen molar-refractivity contribution in [2.45, 2.75) is 64.3 Å². The van der Waals surface area contributed by atoms with E-state index in [1.165, 1.54) is 30.6 Å². The highest BCUT2D eigenvalue weighted by Crippen LogP contribution is 2.37. The summed E-state index contributed by atoms with van der Waals surface area (Å²) in [7, 11) is 0. The lowest BCUT2D eigenvalue weighted by Gasteiger charge is -2.23. The number of amides is 1. The van der Waals surface area contributed by atoms with E-state index in [-0.39, 0.29) is 17.9 Å². The molecule has 0 radical (unpaired) electrons. The van der Waals surface area contributed by atoms with Crippen molar-refractivity contribution in [3.8, 4) is 0 Å². The number of nitrogens with one attached hydrogen (secondary N) is 1. The Balaban J connectivity index is 1.57. The van der Waals surface area contributed by atoms with Crippen LogP contribution < -0.4 is 5.32 Å². The van der Waals surface area contributed by atoms with Crippen LogP contribution in [0.15, 0.2) is 22.0 Å². The highest BCUT2D eigenvalue weighted by atomic mass is 32.1. The number of hydrogen-bond acceptors (Lipinski definition) is 5. The van der Waals surface area contributed by atoms with Gasteiger partial charge in [-0.2, -0.15) is 4.98 Å². The molecule has 1 atom stereocenters. The van der Waals surface area contributed by atoms with E-state index in [2.05, 4.69) is 33.0 Å². The lowest BCUT2D eigenvalue weighted by Crippen LogP contribution is -2.32. The predicted octanol–water partition coefficient (Wildman–Crippen LogP) is 4.23. The second-order valence-electron chi connectivity index (χ2n) is 6.81. The molecule has 1 aliphatic carbocycles. The van der Waals surface area contributed by atoms with Crippen molar-refractivity contribution in [3.63, 3.8) is 0 Å². The van der Waals surface area contributed by atoms with Gasteiger partial charge in [0.25, 0.3) is 0 Å². The highest BCUT2D eigenvalue weighted by Gasteiger charge is 2.28. The standard InChI is InChI=1S/C18H25N3O2S/c1-12(2)18-20-16(23-21-18)10-9-15(22)19-17(13-6-3-4-7-13)14-8-5-11-24-14/h5,8,11-13,17H,3-4,6-7,9-10H2,1-2H3,(H,19,22)/t17-/m1/s1. The van der Waals surface area contributed by atoms with Gasteiger partial charge in [-0.3, -0.25) is 4.79 Å². The van der Waals surface area contributed by atoms with Crippen LogP contribution >= 0.6 is 11.3 Å². The van der Waals surface area contributed by atoms with Crippen molar-refractivity contribution in [2.75, 3.05) is 0 Å². The van der Waals surface area contributed by atoms with Crippen molar-refractivity contribution in [3.05, 3.63) is 34.1 Å². The minimum atomic E-state index is 0.0598. The zero-order valence-electron chi connectivity index (χ0n) is 14.3. The van der Waals surface area contributed by atoms with E-state index in [9.17, 15) is 4.79 Å². The second-order valence-corrected chi connectivity index (χ2v) is 7.79. The third-order valence-corrected chi connectivity index (χ3v) is 5.56. The van der Waals surface area contributed by atoms with Gasteiger partial charge in [0.05, 0.1) is 6.04 Å². The van der Waals surface area contributed by atoms with E-state index in [4.69, 9.17) is 4.52 Å². The molecular weight excluding hydrogens is 322 g/mol. The lowest BCUT2D eigenvalue weighted by atomic mass is 9.96. The maximum atomic E-state index is 12.4. The summed E-state index contributed by atoms with van der Waals surface area (Å²) >= 11 is 1.73. The van der Waals surface area contributed by atoms with Crippen LogP contribution in [-0.4, -0.2) is 16.0 Å². The largest absolute Gasteiger partial charge is 0.348 e. The molecule has 0 spiro atoms. The number of rotatable bonds is 7. The van der Waals surface area contributed by atoms with Crippen LogP contribution in [0.3, 0.4) is 0 Å². The predicted molar refractivity (Wildman–Crippen MR) is 93.9 cm³/mol. The first-order valence-electron chi connectivity index (χ1n) is 8.78. The minimum Gasteiger partial charge on any atom is -0.348 e. The van der Waals surface area contributed by atoms with Crippen molar-refractivity contribution in [1.29, 1.82) is 0 Å². The normalized spacial score (nSPS) is 16.6. The summed E-state index contributed by atoms with van der Waals surface area (Å²) in [6.45, 7) is 4.04. The van der Waals surface area contributed by atoms with Gasteiger partial charge in [0.1, 0.15) is 0 Å². The van der Waals surface area contributed by atoms with E-state index in [0.29, 0.717) is 30.5 Å². The Kier molecular flexibility index (Phi) is 5.66. The second kappa shape index (κ2) is 7.92. The first-order valence-corrected chi connectivity index (χ1v) is 9.66. The van der Waals surface area contributed by atoms with Gasteiger partial charge >= 0.3 is 0 Å². The Morgan fingerprint density at radius 1 is 1.42 bits per heavy atom. The number of aromatic nitrogens is 2. The fraction of sp³-hybridized carbons (Fsp3) is 0.611.